The molecule has 6 heteroatoms. The predicted octanol–water partition coefficient (Wildman–Crippen LogP) is 2.27. The third-order valence-electron chi connectivity index (χ3n) is 3.43. The van der Waals surface area contributed by atoms with Gasteiger partial charge in [0.1, 0.15) is 9.75 Å². The summed E-state index contributed by atoms with van der Waals surface area (Å²) in [5, 5.41) is 2.75. The van der Waals surface area contributed by atoms with E-state index in [2.05, 4.69) is 5.32 Å². The van der Waals surface area contributed by atoms with Gasteiger partial charge in [-0.2, -0.15) is 0 Å². The molecule has 0 heterocycles. The molecular weight excluding hydrogens is 277 g/mol. The van der Waals surface area contributed by atoms with Crippen molar-refractivity contribution in [1.29, 1.82) is 0 Å². The van der Waals surface area contributed by atoms with Crippen LogP contribution < -0.4 is 5.32 Å². The van der Waals surface area contributed by atoms with Crippen LogP contribution in [0.4, 0.5) is 0 Å². The molecule has 18 heavy (non-hydrogen) atoms. The van der Waals surface area contributed by atoms with Crippen molar-refractivity contribution in [3.63, 3.8) is 0 Å². The lowest BCUT2D eigenvalue weighted by Crippen LogP contribution is -2.39. The standard InChI is InChI=1S/C12H19Cl2NO3/c1-7(2)8(3)15-9(16)5-18-10(17)11(4)6-12(11,13)14/h7-8H,5-6H2,1-4H3,(H,15,16). The number of halogens is 2. The van der Waals surface area contributed by atoms with Crippen LogP contribution in [-0.2, 0) is 14.3 Å². The summed E-state index contributed by atoms with van der Waals surface area (Å²) in [4.78, 5) is 23.2. The normalized spacial score (nSPS) is 26.6. The molecule has 1 fully saturated rings. The quantitative estimate of drug-likeness (QED) is 0.625. The molecule has 1 amide bonds. The zero-order chi connectivity index (χ0) is 14.1. The van der Waals surface area contributed by atoms with E-state index >= 15 is 0 Å². The summed E-state index contributed by atoms with van der Waals surface area (Å²) in [6.45, 7) is 7.23. The van der Waals surface area contributed by atoms with Crippen molar-refractivity contribution in [2.24, 2.45) is 11.3 Å². The Bertz CT molecular complexity index is 357. The van der Waals surface area contributed by atoms with Gasteiger partial charge in [-0.05, 0) is 19.8 Å². The molecule has 2 atom stereocenters. The summed E-state index contributed by atoms with van der Waals surface area (Å²) in [5.41, 5.74) is -0.889. The molecule has 4 nitrogen and oxygen atoms in total. The number of carbonyl (C=O) groups excluding carboxylic acids is 2. The Kier molecular flexibility index (Phi) is 4.55. The van der Waals surface area contributed by atoms with Crippen LogP contribution in [0.3, 0.4) is 0 Å². The minimum Gasteiger partial charge on any atom is -0.455 e. The third kappa shape index (κ3) is 3.29. The van der Waals surface area contributed by atoms with Crippen LogP contribution in [0.15, 0.2) is 0 Å². The Labute approximate surface area is 117 Å². The molecule has 0 aromatic rings. The van der Waals surface area contributed by atoms with Crippen molar-refractivity contribution >= 4 is 35.1 Å². The van der Waals surface area contributed by atoms with E-state index < -0.39 is 15.7 Å². The largest absolute Gasteiger partial charge is 0.455 e. The van der Waals surface area contributed by atoms with E-state index in [-0.39, 0.29) is 18.6 Å². The maximum absolute atomic E-state index is 11.7. The van der Waals surface area contributed by atoms with Crippen LogP contribution >= 0.6 is 23.2 Å². The van der Waals surface area contributed by atoms with E-state index in [1.807, 2.05) is 20.8 Å². The highest BCUT2D eigenvalue weighted by atomic mass is 35.5. The fraction of sp³-hybridized carbons (Fsp3) is 0.833. The van der Waals surface area contributed by atoms with Crippen LogP contribution in [0.1, 0.15) is 34.1 Å². The minimum absolute atomic E-state index is 0.0351. The average Bonchev–Trinajstić information content (AvgIpc) is 2.75. The Hall–Kier alpha value is -0.480. The SMILES string of the molecule is CC(C)C(C)NC(=O)COC(=O)C1(C)CC1(Cl)Cl. The van der Waals surface area contributed by atoms with Crippen molar-refractivity contribution < 1.29 is 14.3 Å². The van der Waals surface area contributed by atoms with E-state index in [0.29, 0.717) is 12.3 Å². The van der Waals surface area contributed by atoms with Crippen molar-refractivity contribution in [3.05, 3.63) is 0 Å². The van der Waals surface area contributed by atoms with E-state index in [1.54, 1.807) is 6.92 Å². The summed E-state index contributed by atoms with van der Waals surface area (Å²) in [6, 6.07) is 0.0351. The number of rotatable bonds is 5. The minimum atomic E-state index is -1.06. The number of hydrogen-bond acceptors (Lipinski definition) is 3. The molecule has 1 rings (SSSR count). The van der Waals surface area contributed by atoms with E-state index in [4.69, 9.17) is 27.9 Å². The second-order valence-electron chi connectivity index (χ2n) is 5.39. The Morgan fingerprint density at radius 1 is 1.33 bits per heavy atom. The molecule has 2 unspecified atom stereocenters. The van der Waals surface area contributed by atoms with E-state index in [0.717, 1.165) is 0 Å². The lowest BCUT2D eigenvalue weighted by Gasteiger charge is -2.18. The average molecular weight is 296 g/mol. The lowest BCUT2D eigenvalue weighted by atomic mass is 10.1. The number of amides is 1. The van der Waals surface area contributed by atoms with Crippen LogP contribution in [0.5, 0.6) is 0 Å². The van der Waals surface area contributed by atoms with Gasteiger partial charge in [-0.3, -0.25) is 9.59 Å². The molecule has 0 radical (unpaired) electrons. The molecule has 0 spiro atoms. The molecule has 0 bridgehead atoms. The number of alkyl halides is 2. The fourth-order valence-corrected chi connectivity index (χ4v) is 2.06. The van der Waals surface area contributed by atoms with Gasteiger partial charge in [0, 0.05) is 12.5 Å². The van der Waals surface area contributed by atoms with Crippen LogP contribution in [-0.4, -0.2) is 28.9 Å². The van der Waals surface area contributed by atoms with Gasteiger partial charge >= 0.3 is 5.97 Å². The van der Waals surface area contributed by atoms with Crippen LogP contribution in [0.25, 0.3) is 0 Å². The number of hydrogen-bond donors (Lipinski definition) is 1. The molecule has 1 saturated carbocycles. The molecule has 0 aromatic heterocycles. The molecular formula is C12H19Cl2NO3. The van der Waals surface area contributed by atoms with E-state index in [1.165, 1.54) is 0 Å². The highest BCUT2D eigenvalue weighted by Crippen LogP contribution is 2.64. The molecule has 0 saturated heterocycles. The smallest absolute Gasteiger partial charge is 0.315 e. The summed E-state index contributed by atoms with van der Waals surface area (Å²) >= 11 is 11.7. The zero-order valence-corrected chi connectivity index (χ0v) is 12.6. The first-order valence-electron chi connectivity index (χ1n) is 5.94. The van der Waals surface area contributed by atoms with Gasteiger partial charge in [-0.1, -0.05) is 13.8 Å². The highest BCUT2D eigenvalue weighted by molar-refractivity contribution is 6.53. The van der Waals surface area contributed by atoms with Crippen molar-refractivity contribution in [2.45, 2.75) is 44.5 Å². The van der Waals surface area contributed by atoms with Crippen molar-refractivity contribution in [1.82, 2.24) is 5.32 Å². The first kappa shape index (κ1) is 15.6. The van der Waals surface area contributed by atoms with Gasteiger partial charge in [0.15, 0.2) is 6.61 Å². The topological polar surface area (TPSA) is 55.4 Å². The molecule has 0 aliphatic heterocycles. The van der Waals surface area contributed by atoms with E-state index in [9.17, 15) is 9.59 Å². The van der Waals surface area contributed by atoms with Gasteiger partial charge < -0.3 is 10.1 Å². The Morgan fingerprint density at radius 2 is 1.83 bits per heavy atom. The van der Waals surface area contributed by atoms with Gasteiger partial charge in [0.2, 0.25) is 0 Å². The lowest BCUT2D eigenvalue weighted by molar-refractivity contribution is -0.153. The Balaban J connectivity index is 2.34. The summed E-state index contributed by atoms with van der Waals surface area (Å²) in [7, 11) is 0. The number of nitrogens with one attached hydrogen (secondary N) is 1. The monoisotopic (exact) mass is 295 g/mol. The second-order valence-corrected chi connectivity index (χ2v) is 6.87. The molecule has 1 aliphatic carbocycles. The summed E-state index contributed by atoms with van der Waals surface area (Å²) < 4.78 is 3.86. The predicted molar refractivity (Wildman–Crippen MR) is 70.6 cm³/mol. The first-order valence-corrected chi connectivity index (χ1v) is 6.70. The fourth-order valence-electron chi connectivity index (χ4n) is 1.37. The zero-order valence-electron chi connectivity index (χ0n) is 11.0. The number of ether oxygens (including phenoxy) is 1. The van der Waals surface area contributed by atoms with Gasteiger partial charge in [-0.15, -0.1) is 23.2 Å². The maximum Gasteiger partial charge on any atom is 0.315 e. The molecule has 0 aromatic carbocycles. The van der Waals surface area contributed by atoms with Gasteiger partial charge in [0.05, 0.1) is 0 Å². The third-order valence-corrected chi connectivity index (χ3v) is 4.53. The summed E-state index contributed by atoms with van der Waals surface area (Å²) in [6.07, 6.45) is 0.353. The van der Waals surface area contributed by atoms with Crippen LogP contribution in [0, 0.1) is 11.3 Å². The van der Waals surface area contributed by atoms with Gasteiger partial charge in [-0.25, -0.2) is 0 Å². The first-order chi connectivity index (χ1) is 8.10. The number of carbonyl (C=O) groups is 2. The second kappa shape index (κ2) is 5.25. The highest BCUT2D eigenvalue weighted by Gasteiger charge is 2.69. The van der Waals surface area contributed by atoms with Crippen molar-refractivity contribution in [2.75, 3.05) is 6.61 Å². The molecule has 104 valence electrons. The number of esters is 1. The maximum atomic E-state index is 11.7. The Morgan fingerprint density at radius 3 is 2.22 bits per heavy atom. The van der Waals surface area contributed by atoms with Crippen molar-refractivity contribution in [3.8, 4) is 0 Å². The molecule has 1 aliphatic rings. The summed E-state index contributed by atoms with van der Waals surface area (Å²) in [5.74, 6) is -0.521. The van der Waals surface area contributed by atoms with Crippen LogP contribution in [0.2, 0.25) is 0 Å². The molecule has 1 N–H and O–H groups in total. The van der Waals surface area contributed by atoms with Gasteiger partial charge in [0.25, 0.3) is 5.91 Å².